The Labute approximate surface area is 138 Å². The number of anilines is 1. The first kappa shape index (κ1) is 16.0. The van der Waals surface area contributed by atoms with Crippen molar-refractivity contribution < 1.29 is 4.79 Å². The summed E-state index contributed by atoms with van der Waals surface area (Å²) in [6, 6.07) is 1.99. The second-order valence-electron chi connectivity index (χ2n) is 6.51. The predicted molar refractivity (Wildman–Crippen MR) is 91.4 cm³/mol. The molecule has 0 radical (unpaired) electrons. The fourth-order valence-electron chi connectivity index (χ4n) is 3.37. The first-order valence-electron chi connectivity index (χ1n) is 8.87. The molecular formula is C18H26N4O. The summed E-state index contributed by atoms with van der Waals surface area (Å²) in [7, 11) is 0. The first-order valence-corrected chi connectivity index (χ1v) is 8.87. The van der Waals surface area contributed by atoms with Crippen molar-refractivity contribution in [3.05, 3.63) is 29.6 Å². The lowest BCUT2D eigenvalue weighted by Gasteiger charge is -2.13. The normalized spacial score (nSPS) is 18.5. The van der Waals surface area contributed by atoms with Gasteiger partial charge in [0.25, 0.3) is 5.91 Å². The lowest BCUT2D eigenvalue weighted by Crippen LogP contribution is -2.33. The summed E-state index contributed by atoms with van der Waals surface area (Å²) in [6.07, 6.45) is 14.7. The fraction of sp³-hybridized carbons (Fsp3) is 0.611. The summed E-state index contributed by atoms with van der Waals surface area (Å²) in [6.45, 7) is 0.819. The van der Waals surface area contributed by atoms with Crippen molar-refractivity contribution in [2.45, 2.75) is 63.8 Å². The Morgan fingerprint density at radius 2 is 2.09 bits per heavy atom. The van der Waals surface area contributed by atoms with Crippen LogP contribution in [-0.4, -0.2) is 28.5 Å². The third-order valence-corrected chi connectivity index (χ3v) is 4.69. The Kier molecular flexibility index (Phi) is 5.61. The van der Waals surface area contributed by atoms with Gasteiger partial charge in [-0.2, -0.15) is 0 Å². The molecule has 1 heterocycles. The molecular weight excluding hydrogens is 288 g/mol. The molecule has 2 N–H and O–H groups in total. The molecule has 1 saturated carbocycles. The topological polar surface area (TPSA) is 66.9 Å². The van der Waals surface area contributed by atoms with E-state index in [1.807, 2.05) is 0 Å². The van der Waals surface area contributed by atoms with E-state index < -0.39 is 0 Å². The highest BCUT2D eigenvalue weighted by atomic mass is 16.1. The molecule has 1 aromatic heterocycles. The summed E-state index contributed by atoms with van der Waals surface area (Å²) in [5.41, 5.74) is 1.98. The molecule has 0 aliphatic heterocycles. The van der Waals surface area contributed by atoms with Crippen LogP contribution in [0.2, 0.25) is 0 Å². The summed E-state index contributed by atoms with van der Waals surface area (Å²) in [5.74, 6) is 0.456. The van der Waals surface area contributed by atoms with Crippen LogP contribution in [0.3, 0.4) is 0 Å². The number of aromatic nitrogens is 2. The minimum atomic E-state index is -0.0858. The zero-order chi connectivity index (χ0) is 15.9. The molecule has 5 heteroatoms. The SMILES string of the molecule is O=C(NC1CCCC1)c1ccnc(NCCC2=CCCCC2)n1. The van der Waals surface area contributed by atoms with Crippen LogP contribution in [0.4, 0.5) is 5.95 Å². The standard InChI is InChI=1S/C18H26N4O/c23-17(21-15-8-4-5-9-15)16-11-13-20-18(22-16)19-12-10-14-6-2-1-3-7-14/h6,11,13,15H,1-5,7-10,12H2,(H,21,23)(H,19,20,22). The fourth-order valence-corrected chi connectivity index (χ4v) is 3.37. The van der Waals surface area contributed by atoms with E-state index >= 15 is 0 Å². The molecule has 3 rings (SSSR count). The van der Waals surface area contributed by atoms with Gasteiger partial charge in [0.1, 0.15) is 5.69 Å². The van der Waals surface area contributed by atoms with Crippen molar-refractivity contribution >= 4 is 11.9 Å². The smallest absolute Gasteiger partial charge is 0.270 e. The summed E-state index contributed by atoms with van der Waals surface area (Å²) in [4.78, 5) is 20.8. The number of nitrogens with zero attached hydrogens (tertiary/aromatic N) is 2. The summed E-state index contributed by atoms with van der Waals surface area (Å²) >= 11 is 0. The van der Waals surface area contributed by atoms with E-state index in [9.17, 15) is 4.79 Å². The Morgan fingerprint density at radius 3 is 2.87 bits per heavy atom. The largest absolute Gasteiger partial charge is 0.354 e. The molecule has 0 aromatic carbocycles. The van der Waals surface area contributed by atoms with Gasteiger partial charge in [0.2, 0.25) is 5.95 Å². The van der Waals surface area contributed by atoms with Crippen molar-refractivity contribution in [2.24, 2.45) is 0 Å². The maximum absolute atomic E-state index is 12.2. The zero-order valence-corrected chi connectivity index (χ0v) is 13.7. The molecule has 1 amide bonds. The number of amides is 1. The third kappa shape index (κ3) is 4.78. The molecule has 5 nitrogen and oxygen atoms in total. The molecule has 1 aromatic rings. The van der Waals surface area contributed by atoms with Crippen LogP contribution >= 0.6 is 0 Å². The van der Waals surface area contributed by atoms with Gasteiger partial charge >= 0.3 is 0 Å². The number of hydrogen-bond acceptors (Lipinski definition) is 4. The van der Waals surface area contributed by atoms with E-state index in [1.165, 1.54) is 44.1 Å². The molecule has 23 heavy (non-hydrogen) atoms. The average molecular weight is 314 g/mol. The van der Waals surface area contributed by atoms with Crippen LogP contribution in [0.15, 0.2) is 23.9 Å². The minimum Gasteiger partial charge on any atom is -0.354 e. The monoisotopic (exact) mass is 314 g/mol. The molecule has 0 unspecified atom stereocenters. The predicted octanol–water partition coefficient (Wildman–Crippen LogP) is 3.45. The summed E-state index contributed by atoms with van der Waals surface area (Å²) < 4.78 is 0. The lowest BCUT2D eigenvalue weighted by atomic mass is 9.97. The highest BCUT2D eigenvalue weighted by molar-refractivity contribution is 5.92. The zero-order valence-electron chi connectivity index (χ0n) is 13.7. The van der Waals surface area contributed by atoms with Crippen LogP contribution in [0.25, 0.3) is 0 Å². The molecule has 0 bridgehead atoms. The quantitative estimate of drug-likeness (QED) is 0.789. The van der Waals surface area contributed by atoms with Gasteiger partial charge in [0, 0.05) is 18.8 Å². The molecule has 0 spiro atoms. The minimum absolute atomic E-state index is 0.0858. The summed E-state index contributed by atoms with van der Waals surface area (Å²) in [5, 5.41) is 6.30. The number of carbonyl (C=O) groups excluding carboxylic acids is 1. The molecule has 0 atom stereocenters. The molecule has 124 valence electrons. The third-order valence-electron chi connectivity index (χ3n) is 4.69. The van der Waals surface area contributed by atoms with E-state index in [1.54, 1.807) is 12.3 Å². The van der Waals surface area contributed by atoms with E-state index in [-0.39, 0.29) is 5.91 Å². The Hall–Kier alpha value is -1.91. The van der Waals surface area contributed by atoms with Gasteiger partial charge in [0.15, 0.2) is 0 Å². The maximum Gasteiger partial charge on any atom is 0.270 e. The Balaban J connectivity index is 1.50. The van der Waals surface area contributed by atoms with Crippen LogP contribution in [0, 0.1) is 0 Å². The Bertz CT molecular complexity index is 564. The van der Waals surface area contributed by atoms with Gasteiger partial charge in [0.05, 0.1) is 0 Å². The maximum atomic E-state index is 12.2. The lowest BCUT2D eigenvalue weighted by molar-refractivity contribution is 0.0933. The van der Waals surface area contributed by atoms with Crippen LogP contribution in [0.1, 0.15) is 68.3 Å². The van der Waals surface area contributed by atoms with Gasteiger partial charge < -0.3 is 10.6 Å². The number of carbonyl (C=O) groups is 1. The van der Waals surface area contributed by atoms with Crippen molar-refractivity contribution in [1.82, 2.24) is 15.3 Å². The van der Waals surface area contributed by atoms with E-state index in [4.69, 9.17) is 0 Å². The second kappa shape index (κ2) is 8.09. The number of allylic oxidation sites excluding steroid dienone is 1. The molecule has 2 aliphatic carbocycles. The van der Waals surface area contributed by atoms with Crippen LogP contribution in [-0.2, 0) is 0 Å². The van der Waals surface area contributed by atoms with Crippen molar-refractivity contribution in [1.29, 1.82) is 0 Å². The van der Waals surface area contributed by atoms with Crippen LogP contribution in [0.5, 0.6) is 0 Å². The van der Waals surface area contributed by atoms with Gasteiger partial charge in [-0.05, 0) is 51.0 Å². The van der Waals surface area contributed by atoms with Gasteiger partial charge in [-0.15, -0.1) is 0 Å². The van der Waals surface area contributed by atoms with Gasteiger partial charge in [-0.25, -0.2) is 9.97 Å². The van der Waals surface area contributed by atoms with E-state index in [0.717, 1.165) is 25.8 Å². The van der Waals surface area contributed by atoms with Gasteiger partial charge in [-0.1, -0.05) is 24.5 Å². The molecule has 2 aliphatic rings. The van der Waals surface area contributed by atoms with E-state index in [2.05, 4.69) is 26.7 Å². The van der Waals surface area contributed by atoms with Crippen molar-refractivity contribution in [3.63, 3.8) is 0 Å². The molecule has 1 fully saturated rings. The van der Waals surface area contributed by atoms with Crippen molar-refractivity contribution in [2.75, 3.05) is 11.9 Å². The number of nitrogens with one attached hydrogen (secondary N) is 2. The number of rotatable bonds is 6. The van der Waals surface area contributed by atoms with E-state index in [0.29, 0.717) is 17.7 Å². The average Bonchev–Trinajstić information content (AvgIpc) is 3.09. The first-order chi connectivity index (χ1) is 11.3. The molecule has 0 saturated heterocycles. The Morgan fingerprint density at radius 1 is 1.22 bits per heavy atom. The van der Waals surface area contributed by atoms with Crippen molar-refractivity contribution in [3.8, 4) is 0 Å². The highest BCUT2D eigenvalue weighted by Crippen LogP contribution is 2.20. The highest BCUT2D eigenvalue weighted by Gasteiger charge is 2.18. The van der Waals surface area contributed by atoms with Crippen LogP contribution < -0.4 is 10.6 Å². The number of hydrogen-bond donors (Lipinski definition) is 2. The second-order valence-corrected chi connectivity index (χ2v) is 6.51. The van der Waals surface area contributed by atoms with Gasteiger partial charge in [-0.3, -0.25) is 4.79 Å².